The molecule has 0 aromatic heterocycles. The Balaban J connectivity index is 1.26. The Morgan fingerprint density at radius 2 is 1.66 bits per heavy atom. The average molecular weight is 571 g/mol. The third-order valence-corrected chi connectivity index (χ3v) is 7.24. The summed E-state index contributed by atoms with van der Waals surface area (Å²) in [4.78, 5) is 38.0. The van der Waals surface area contributed by atoms with Gasteiger partial charge < -0.3 is 14.2 Å². The Morgan fingerprint density at radius 3 is 2.49 bits per heavy atom. The number of hydrogen-bond acceptors (Lipinski definition) is 8. The zero-order chi connectivity index (χ0) is 28.8. The number of hydrogen-bond donors (Lipinski definition) is 0. The van der Waals surface area contributed by atoms with Gasteiger partial charge in [-0.25, -0.2) is 0 Å². The highest BCUT2D eigenvalue weighted by molar-refractivity contribution is 8.18. The number of rotatable bonds is 11. The van der Waals surface area contributed by atoms with Crippen molar-refractivity contribution in [1.29, 1.82) is 0 Å². The molecule has 2 amide bonds. The van der Waals surface area contributed by atoms with Crippen molar-refractivity contribution in [3.8, 4) is 17.2 Å². The van der Waals surface area contributed by atoms with Gasteiger partial charge in [0.15, 0.2) is 11.5 Å². The SMILES string of the molecule is CCOc1cc(/C=C2\SC(=O)N(CCOc3cccc4ccccc34)C2=O)ccc1OCc1ccccc1[N+](=O)[O-]. The van der Waals surface area contributed by atoms with E-state index in [1.807, 2.05) is 49.4 Å². The van der Waals surface area contributed by atoms with Crippen LogP contribution in [-0.2, 0) is 11.4 Å². The number of benzene rings is 4. The molecule has 1 aliphatic rings. The van der Waals surface area contributed by atoms with Crippen LogP contribution >= 0.6 is 11.8 Å². The maximum Gasteiger partial charge on any atom is 0.293 e. The minimum absolute atomic E-state index is 0.0176. The first kappa shape index (κ1) is 27.7. The molecular weight excluding hydrogens is 544 g/mol. The Morgan fingerprint density at radius 1 is 0.878 bits per heavy atom. The fourth-order valence-electron chi connectivity index (χ4n) is 4.38. The molecule has 1 saturated heterocycles. The lowest BCUT2D eigenvalue weighted by Gasteiger charge is -2.14. The number of ether oxygens (including phenoxy) is 3. The van der Waals surface area contributed by atoms with Gasteiger partial charge >= 0.3 is 0 Å². The van der Waals surface area contributed by atoms with Gasteiger partial charge in [-0.15, -0.1) is 0 Å². The lowest BCUT2D eigenvalue weighted by atomic mass is 10.1. The molecule has 0 spiro atoms. The topological polar surface area (TPSA) is 108 Å². The molecule has 0 N–H and O–H groups in total. The first-order valence-corrected chi connectivity index (χ1v) is 13.7. The van der Waals surface area contributed by atoms with Gasteiger partial charge in [0.2, 0.25) is 0 Å². The molecule has 9 nitrogen and oxygen atoms in total. The van der Waals surface area contributed by atoms with E-state index in [1.165, 1.54) is 11.0 Å². The lowest BCUT2D eigenvalue weighted by Crippen LogP contribution is -2.32. The Bertz CT molecular complexity index is 1650. The lowest BCUT2D eigenvalue weighted by molar-refractivity contribution is -0.385. The zero-order valence-electron chi connectivity index (χ0n) is 22.1. The molecule has 208 valence electrons. The van der Waals surface area contributed by atoms with E-state index in [9.17, 15) is 19.7 Å². The molecule has 1 aliphatic heterocycles. The molecule has 0 unspecified atom stereocenters. The number of para-hydroxylation sites is 1. The standard InChI is InChI=1S/C31H26N2O7S/c1-2-38-28-18-21(14-15-27(28)40-20-23-9-4-6-12-25(23)33(36)37)19-29-30(34)32(31(35)41-29)16-17-39-26-13-7-10-22-8-3-5-11-24(22)26/h3-15,18-19H,2,16-17,20H2,1H3/b29-19-. The molecule has 1 heterocycles. The minimum Gasteiger partial charge on any atom is -0.491 e. The molecule has 0 saturated carbocycles. The van der Waals surface area contributed by atoms with E-state index in [0.717, 1.165) is 22.5 Å². The number of carbonyl (C=O) groups is 2. The van der Waals surface area contributed by atoms with Crippen LogP contribution in [0.5, 0.6) is 17.2 Å². The maximum absolute atomic E-state index is 13.0. The number of thioether (sulfide) groups is 1. The number of fused-ring (bicyclic) bond motifs is 1. The smallest absolute Gasteiger partial charge is 0.293 e. The molecule has 0 atom stereocenters. The largest absolute Gasteiger partial charge is 0.491 e. The number of imide groups is 1. The molecule has 0 radical (unpaired) electrons. The molecule has 4 aromatic carbocycles. The average Bonchev–Trinajstić information content (AvgIpc) is 3.24. The first-order chi connectivity index (χ1) is 19.9. The predicted octanol–water partition coefficient (Wildman–Crippen LogP) is 6.84. The van der Waals surface area contributed by atoms with Crippen molar-refractivity contribution in [1.82, 2.24) is 4.90 Å². The van der Waals surface area contributed by atoms with Crippen LogP contribution in [0.15, 0.2) is 89.8 Å². The Labute approximate surface area is 240 Å². The van der Waals surface area contributed by atoms with E-state index in [1.54, 1.807) is 42.5 Å². The summed E-state index contributed by atoms with van der Waals surface area (Å²) in [6.45, 7) is 2.45. The van der Waals surface area contributed by atoms with Gasteiger partial charge in [0.1, 0.15) is 19.0 Å². The summed E-state index contributed by atoms with van der Waals surface area (Å²) in [5.41, 5.74) is 1.05. The number of amides is 2. The Kier molecular flexibility index (Phi) is 8.50. The van der Waals surface area contributed by atoms with E-state index in [-0.39, 0.29) is 35.6 Å². The number of nitro groups is 1. The molecule has 1 fully saturated rings. The normalized spacial score (nSPS) is 14.1. The highest BCUT2D eigenvalue weighted by atomic mass is 32.2. The van der Waals surface area contributed by atoms with Crippen molar-refractivity contribution >= 4 is 45.4 Å². The summed E-state index contributed by atoms with van der Waals surface area (Å²) >= 11 is 0.868. The summed E-state index contributed by atoms with van der Waals surface area (Å²) < 4.78 is 17.5. The maximum atomic E-state index is 13.0. The third kappa shape index (κ3) is 6.33. The van der Waals surface area contributed by atoms with Gasteiger partial charge in [0.05, 0.1) is 28.5 Å². The minimum atomic E-state index is -0.450. The summed E-state index contributed by atoms with van der Waals surface area (Å²) in [5, 5.41) is 13.0. The summed E-state index contributed by atoms with van der Waals surface area (Å²) in [6, 6.07) is 25.1. The van der Waals surface area contributed by atoms with Gasteiger partial charge in [-0.05, 0) is 60.0 Å². The highest BCUT2D eigenvalue weighted by Gasteiger charge is 2.35. The van der Waals surface area contributed by atoms with Gasteiger partial charge in [-0.3, -0.25) is 24.6 Å². The first-order valence-electron chi connectivity index (χ1n) is 12.9. The monoisotopic (exact) mass is 570 g/mol. The van der Waals surface area contributed by atoms with Crippen LogP contribution < -0.4 is 14.2 Å². The number of carbonyl (C=O) groups excluding carboxylic acids is 2. The van der Waals surface area contributed by atoms with Crippen molar-refractivity contribution in [2.24, 2.45) is 0 Å². The number of nitrogens with zero attached hydrogens (tertiary/aromatic N) is 2. The van der Waals surface area contributed by atoms with Crippen molar-refractivity contribution < 1.29 is 28.7 Å². The molecule has 41 heavy (non-hydrogen) atoms. The van der Waals surface area contributed by atoms with Crippen LogP contribution in [-0.4, -0.2) is 40.7 Å². The Hall–Kier alpha value is -4.83. The van der Waals surface area contributed by atoms with Crippen LogP contribution in [0.4, 0.5) is 10.5 Å². The van der Waals surface area contributed by atoms with Crippen LogP contribution in [0.1, 0.15) is 18.1 Å². The quantitative estimate of drug-likeness (QED) is 0.110. The van der Waals surface area contributed by atoms with E-state index < -0.39 is 10.8 Å². The summed E-state index contributed by atoms with van der Waals surface area (Å²) in [5.74, 6) is 1.12. The van der Waals surface area contributed by atoms with Crippen LogP contribution in [0.25, 0.3) is 16.8 Å². The molecular formula is C31H26N2O7S. The van der Waals surface area contributed by atoms with Crippen LogP contribution in [0.2, 0.25) is 0 Å². The molecule has 5 rings (SSSR count). The summed E-state index contributed by atoms with van der Waals surface area (Å²) in [6.07, 6.45) is 1.63. The highest BCUT2D eigenvalue weighted by Crippen LogP contribution is 2.35. The second kappa shape index (κ2) is 12.6. The zero-order valence-corrected chi connectivity index (χ0v) is 23.0. The van der Waals surface area contributed by atoms with Crippen molar-refractivity contribution in [3.63, 3.8) is 0 Å². The molecule has 0 aliphatic carbocycles. The summed E-state index contributed by atoms with van der Waals surface area (Å²) in [7, 11) is 0. The fraction of sp³-hybridized carbons (Fsp3) is 0.161. The van der Waals surface area contributed by atoms with E-state index in [4.69, 9.17) is 14.2 Å². The molecule has 10 heteroatoms. The predicted molar refractivity (Wildman–Crippen MR) is 157 cm³/mol. The molecule has 4 aromatic rings. The van der Waals surface area contributed by atoms with Crippen LogP contribution in [0.3, 0.4) is 0 Å². The van der Waals surface area contributed by atoms with E-state index >= 15 is 0 Å². The third-order valence-electron chi connectivity index (χ3n) is 6.33. The van der Waals surface area contributed by atoms with Gasteiger partial charge in [0, 0.05) is 11.5 Å². The second-order valence-corrected chi connectivity index (χ2v) is 9.97. The van der Waals surface area contributed by atoms with Gasteiger partial charge in [-0.2, -0.15) is 0 Å². The second-order valence-electron chi connectivity index (χ2n) is 8.97. The van der Waals surface area contributed by atoms with Crippen molar-refractivity contribution in [3.05, 3.63) is 111 Å². The van der Waals surface area contributed by atoms with E-state index in [0.29, 0.717) is 35.0 Å². The van der Waals surface area contributed by atoms with E-state index in [2.05, 4.69) is 0 Å². The fourth-order valence-corrected chi connectivity index (χ4v) is 5.25. The molecule has 0 bridgehead atoms. The van der Waals surface area contributed by atoms with Crippen molar-refractivity contribution in [2.75, 3.05) is 19.8 Å². The number of nitro benzene ring substituents is 1. The van der Waals surface area contributed by atoms with Crippen molar-refractivity contribution in [2.45, 2.75) is 13.5 Å². The van der Waals surface area contributed by atoms with Gasteiger partial charge in [0.25, 0.3) is 16.8 Å². The van der Waals surface area contributed by atoms with Crippen LogP contribution in [0, 0.1) is 10.1 Å². The van der Waals surface area contributed by atoms with Gasteiger partial charge in [-0.1, -0.05) is 54.6 Å².